The monoisotopic (exact) mass is 641 g/mol. The van der Waals surface area contributed by atoms with Gasteiger partial charge in [-0.05, 0) is 84.8 Å². The highest BCUT2D eigenvalue weighted by Crippen LogP contribution is 2.44. The summed E-state index contributed by atoms with van der Waals surface area (Å²) in [5.74, 6) is 0. The first-order valence-corrected chi connectivity index (χ1v) is 15.4. The van der Waals surface area contributed by atoms with Crippen LogP contribution in [0.25, 0.3) is 66.1 Å². The van der Waals surface area contributed by atoms with Gasteiger partial charge in [0.25, 0.3) is 0 Å². The Hall–Kier alpha value is -6.82. The fourth-order valence-corrected chi connectivity index (χ4v) is 7.10. The molecule has 0 unspecified atom stereocenters. The van der Waals surface area contributed by atoms with Crippen molar-refractivity contribution in [2.75, 3.05) is 0 Å². The Balaban J connectivity index is 1.60. The van der Waals surface area contributed by atoms with Gasteiger partial charge in [0.15, 0.2) is 0 Å². The van der Waals surface area contributed by atoms with Crippen molar-refractivity contribution in [3.63, 3.8) is 0 Å². The minimum Gasteiger partial charge on any atom is -0.307 e. The molecule has 0 fully saturated rings. The first-order valence-electron chi connectivity index (χ1n) is 15.4. The van der Waals surface area contributed by atoms with Gasteiger partial charge in [-0.1, -0.05) is 48.5 Å². The summed E-state index contributed by atoms with van der Waals surface area (Å²) in [7, 11) is 0. The van der Waals surface area contributed by atoms with Crippen molar-refractivity contribution in [3.05, 3.63) is 143 Å². The number of para-hydroxylation sites is 2. The van der Waals surface area contributed by atoms with E-state index in [0.29, 0.717) is 28.1 Å². The number of alkyl halides is 3. The average molecular weight is 642 g/mol. The van der Waals surface area contributed by atoms with E-state index < -0.39 is 11.7 Å². The first kappa shape index (κ1) is 29.6. The van der Waals surface area contributed by atoms with Crippen LogP contribution in [0.3, 0.4) is 0 Å². The molecule has 0 aliphatic carbocycles. The van der Waals surface area contributed by atoms with Gasteiger partial charge in [-0.15, -0.1) is 0 Å². The van der Waals surface area contributed by atoms with Crippen molar-refractivity contribution in [3.8, 4) is 40.7 Å². The van der Waals surface area contributed by atoms with E-state index in [-0.39, 0.29) is 16.7 Å². The summed E-state index contributed by atoms with van der Waals surface area (Å²) in [6.45, 7) is 1.61. The number of nitrogens with zero attached hydrogens (tertiary/aromatic N) is 5. The molecule has 6 aromatic carbocycles. The van der Waals surface area contributed by atoms with Crippen molar-refractivity contribution < 1.29 is 13.2 Å². The van der Waals surface area contributed by atoms with Gasteiger partial charge < -0.3 is 9.13 Å². The number of aryl methyl sites for hydroxylation is 1. The summed E-state index contributed by atoms with van der Waals surface area (Å²) < 4.78 is 47.7. The van der Waals surface area contributed by atoms with Gasteiger partial charge in [0.1, 0.15) is 0 Å². The maximum atomic E-state index is 14.6. The molecule has 49 heavy (non-hydrogen) atoms. The third-order valence-corrected chi connectivity index (χ3v) is 9.17. The predicted molar refractivity (Wildman–Crippen MR) is 184 cm³/mol. The Morgan fingerprint density at radius 1 is 0.531 bits per heavy atom. The maximum absolute atomic E-state index is 14.6. The molecule has 8 heteroatoms. The van der Waals surface area contributed by atoms with E-state index in [1.165, 1.54) is 6.07 Å². The Kier molecular flexibility index (Phi) is 6.56. The largest absolute Gasteiger partial charge is 0.417 e. The standard InChI is InChI=1S/C41H22F3N5/c1-24-7-6-10-33(41(42,43)44)40(24)30-20-39(49-35-12-5-3-9-29(35)32-18-26(22-46)14-16-37(32)49)38(19-27(30)23-47)48-34-11-4-2-8-28(34)31-17-25(21-45)13-15-36(31)48/h2-20H,1H3. The summed E-state index contributed by atoms with van der Waals surface area (Å²) in [4.78, 5) is 0. The van der Waals surface area contributed by atoms with Crippen LogP contribution in [0.5, 0.6) is 0 Å². The molecule has 0 amide bonds. The molecule has 0 spiro atoms. The van der Waals surface area contributed by atoms with Crippen LogP contribution in [0.15, 0.2) is 115 Å². The summed E-state index contributed by atoms with van der Waals surface area (Å²) in [5.41, 5.74) is 4.85. The molecule has 8 aromatic rings. The molecule has 5 nitrogen and oxygen atoms in total. The fraction of sp³-hybridized carbons (Fsp3) is 0.0488. The number of nitriles is 3. The zero-order valence-electron chi connectivity index (χ0n) is 25.8. The fourth-order valence-electron chi connectivity index (χ4n) is 7.10. The lowest BCUT2D eigenvalue weighted by Crippen LogP contribution is -2.10. The normalized spacial score (nSPS) is 11.6. The molecule has 0 saturated carbocycles. The van der Waals surface area contributed by atoms with Crippen molar-refractivity contribution >= 4 is 43.6 Å². The summed E-state index contributed by atoms with van der Waals surface area (Å²) in [5, 5.41) is 33.4. The minimum atomic E-state index is -4.67. The third-order valence-electron chi connectivity index (χ3n) is 9.17. The lowest BCUT2D eigenvalue weighted by molar-refractivity contribution is -0.137. The molecular formula is C41H22F3N5. The van der Waals surface area contributed by atoms with Crippen molar-refractivity contribution in [2.45, 2.75) is 13.1 Å². The number of rotatable bonds is 3. The lowest BCUT2D eigenvalue weighted by Gasteiger charge is -2.21. The predicted octanol–water partition coefficient (Wildman–Crippen LogP) is 10.5. The second-order valence-corrected chi connectivity index (χ2v) is 11.9. The topological polar surface area (TPSA) is 81.2 Å². The number of aromatic nitrogens is 2. The number of hydrogen-bond acceptors (Lipinski definition) is 3. The Morgan fingerprint density at radius 3 is 1.55 bits per heavy atom. The second-order valence-electron chi connectivity index (χ2n) is 11.9. The van der Waals surface area contributed by atoms with E-state index in [4.69, 9.17) is 0 Å². The highest BCUT2D eigenvalue weighted by Gasteiger charge is 2.35. The quantitative estimate of drug-likeness (QED) is 0.192. The molecule has 0 bridgehead atoms. The summed E-state index contributed by atoms with van der Waals surface area (Å²) >= 11 is 0. The van der Waals surface area contributed by atoms with Crippen molar-refractivity contribution in [1.82, 2.24) is 9.13 Å². The number of hydrogen-bond donors (Lipinski definition) is 0. The second kappa shape index (κ2) is 10.9. The number of benzene rings is 6. The van der Waals surface area contributed by atoms with Gasteiger partial charge in [-0.2, -0.15) is 29.0 Å². The molecule has 2 heterocycles. The number of halogens is 3. The minimum absolute atomic E-state index is 0.0623. The molecule has 0 saturated heterocycles. The van der Waals surface area contributed by atoms with Crippen LogP contribution in [0.2, 0.25) is 0 Å². The van der Waals surface area contributed by atoms with Gasteiger partial charge in [0, 0.05) is 27.1 Å². The molecule has 0 radical (unpaired) electrons. The molecule has 0 aliphatic heterocycles. The van der Waals surface area contributed by atoms with Crippen LogP contribution in [-0.2, 0) is 6.18 Å². The highest BCUT2D eigenvalue weighted by atomic mass is 19.4. The van der Waals surface area contributed by atoms with E-state index in [2.05, 4.69) is 18.2 Å². The third kappa shape index (κ3) is 4.45. The van der Waals surface area contributed by atoms with Crippen LogP contribution in [-0.4, -0.2) is 9.13 Å². The Bertz CT molecular complexity index is 2820. The molecule has 8 rings (SSSR count). The van der Waals surface area contributed by atoms with Crippen LogP contribution in [0.4, 0.5) is 13.2 Å². The molecular weight excluding hydrogens is 619 g/mol. The first-order chi connectivity index (χ1) is 23.7. The Labute approximate surface area is 278 Å². The molecule has 0 N–H and O–H groups in total. The summed E-state index contributed by atoms with van der Waals surface area (Å²) in [6.07, 6.45) is -4.67. The highest BCUT2D eigenvalue weighted by molar-refractivity contribution is 6.12. The maximum Gasteiger partial charge on any atom is 0.417 e. The molecule has 0 aliphatic rings. The van der Waals surface area contributed by atoms with E-state index in [0.717, 1.165) is 49.7 Å². The molecule has 0 atom stereocenters. The van der Waals surface area contributed by atoms with Crippen molar-refractivity contribution in [1.29, 1.82) is 15.8 Å². The van der Waals surface area contributed by atoms with Crippen LogP contribution >= 0.6 is 0 Å². The van der Waals surface area contributed by atoms with Gasteiger partial charge in [0.2, 0.25) is 0 Å². The van der Waals surface area contributed by atoms with Gasteiger partial charge in [-0.3, -0.25) is 0 Å². The van der Waals surface area contributed by atoms with E-state index >= 15 is 0 Å². The lowest BCUT2D eigenvalue weighted by atomic mass is 9.90. The Morgan fingerprint density at radius 2 is 1.04 bits per heavy atom. The van der Waals surface area contributed by atoms with E-state index in [1.807, 2.05) is 81.9 Å². The summed E-state index contributed by atoms with van der Waals surface area (Å²) in [6, 6.07) is 40.2. The van der Waals surface area contributed by atoms with E-state index in [1.54, 1.807) is 37.3 Å². The number of fused-ring (bicyclic) bond motifs is 6. The van der Waals surface area contributed by atoms with Crippen LogP contribution in [0, 0.1) is 40.9 Å². The average Bonchev–Trinajstić information content (AvgIpc) is 3.62. The molecule has 2 aromatic heterocycles. The van der Waals surface area contributed by atoms with Crippen LogP contribution < -0.4 is 0 Å². The molecule has 232 valence electrons. The zero-order chi connectivity index (χ0) is 34.0. The SMILES string of the molecule is Cc1cccc(C(F)(F)F)c1-c1cc(-n2c3ccccc3c3cc(C#N)ccc32)c(-n2c3ccccc3c3cc(C#N)ccc32)cc1C#N. The van der Waals surface area contributed by atoms with Crippen molar-refractivity contribution in [2.24, 2.45) is 0 Å². The smallest absolute Gasteiger partial charge is 0.307 e. The van der Waals surface area contributed by atoms with Crippen LogP contribution in [0.1, 0.15) is 27.8 Å². The van der Waals surface area contributed by atoms with Gasteiger partial charge in [0.05, 0.1) is 73.9 Å². The van der Waals surface area contributed by atoms with Gasteiger partial charge >= 0.3 is 6.18 Å². The van der Waals surface area contributed by atoms with E-state index in [9.17, 15) is 29.0 Å². The van der Waals surface area contributed by atoms with Gasteiger partial charge in [-0.25, -0.2) is 0 Å². The zero-order valence-corrected chi connectivity index (χ0v) is 25.8.